The van der Waals surface area contributed by atoms with Crippen LogP contribution in [0.25, 0.3) is 0 Å². The fraction of sp³-hybridized carbons (Fsp3) is 0.714. The highest BCUT2D eigenvalue weighted by molar-refractivity contribution is 6.74. The van der Waals surface area contributed by atoms with Crippen LogP contribution in [-0.2, 0) is 34.5 Å². The fourth-order valence-corrected chi connectivity index (χ4v) is 8.11. The van der Waals surface area contributed by atoms with E-state index < -0.39 is 22.6 Å². The van der Waals surface area contributed by atoms with E-state index in [2.05, 4.69) is 80.7 Å². The molecule has 242 valence electrons. The van der Waals surface area contributed by atoms with Crippen molar-refractivity contribution >= 4 is 28.6 Å². The van der Waals surface area contributed by atoms with Gasteiger partial charge in [-0.1, -0.05) is 104 Å². The van der Waals surface area contributed by atoms with Gasteiger partial charge in [0.25, 0.3) is 0 Å². The van der Waals surface area contributed by atoms with Crippen LogP contribution in [-0.4, -0.2) is 46.9 Å². The van der Waals surface area contributed by atoms with E-state index >= 15 is 0 Å². The third-order valence-corrected chi connectivity index (χ3v) is 19.2. The van der Waals surface area contributed by atoms with Crippen LogP contribution in [0.2, 0.25) is 36.3 Å². The SMILES string of the molecule is CCCCCC(O[Si](C)(C)C(C)(C)C)C(/C=C1\[C@H]2CC(=O)O[C@H]2C[C@H]1O[Si](C)(C)C(C)(C)C)C(=O)OCc1ccccc1. The van der Waals surface area contributed by atoms with Crippen molar-refractivity contribution in [3.05, 3.63) is 47.5 Å². The van der Waals surface area contributed by atoms with Crippen molar-refractivity contribution < 1.29 is 27.9 Å². The standard InChI is InChI=1S/C35H58O6Si2/c1-12-13-15-20-29(40-42(8,9)34(2,3)4)28(33(37)38-24-25-18-16-14-17-19-25)21-26-27-22-32(36)39-30(27)23-31(26)41-43(10,11)35(5,6)7/h14,16-19,21,27-31H,12-13,15,20,22-24H2,1-11H3/b26-21+/t27-,28?,29?,30+,31-/m1/s1. The Morgan fingerprint density at radius 3 is 2.21 bits per heavy atom. The van der Waals surface area contributed by atoms with Gasteiger partial charge in [-0.25, -0.2) is 0 Å². The van der Waals surface area contributed by atoms with Crippen molar-refractivity contribution in [1.82, 2.24) is 0 Å². The second-order valence-corrected chi connectivity index (χ2v) is 25.2. The predicted molar refractivity (Wildman–Crippen MR) is 179 cm³/mol. The quantitative estimate of drug-likeness (QED) is 0.0938. The number of benzene rings is 1. The lowest BCUT2D eigenvalue weighted by molar-refractivity contribution is -0.151. The zero-order chi connectivity index (χ0) is 32.2. The number of carbonyl (C=O) groups excluding carboxylic acids is 2. The number of fused-ring (bicyclic) bond motifs is 1. The predicted octanol–water partition coefficient (Wildman–Crippen LogP) is 8.97. The lowest BCUT2D eigenvalue weighted by atomic mass is 9.90. The van der Waals surface area contributed by atoms with E-state index in [4.69, 9.17) is 18.3 Å². The summed E-state index contributed by atoms with van der Waals surface area (Å²) in [5.41, 5.74) is 1.96. The molecule has 0 N–H and O–H groups in total. The minimum atomic E-state index is -2.24. The summed E-state index contributed by atoms with van der Waals surface area (Å²) < 4.78 is 25.9. The molecule has 1 aliphatic heterocycles. The summed E-state index contributed by atoms with van der Waals surface area (Å²) >= 11 is 0. The molecule has 8 heteroatoms. The highest BCUT2D eigenvalue weighted by atomic mass is 28.4. The van der Waals surface area contributed by atoms with Crippen molar-refractivity contribution in [3.63, 3.8) is 0 Å². The van der Waals surface area contributed by atoms with E-state index in [0.717, 1.165) is 36.8 Å². The average molecular weight is 631 g/mol. The number of carbonyl (C=O) groups is 2. The molecule has 2 fully saturated rings. The number of hydrogen-bond donors (Lipinski definition) is 0. The first kappa shape index (κ1) is 35.7. The molecule has 1 aromatic carbocycles. The van der Waals surface area contributed by atoms with Crippen LogP contribution in [0.3, 0.4) is 0 Å². The summed E-state index contributed by atoms with van der Waals surface area (Å²) in [6.45, 7) is 24.8. The van der Waals surface area contributed by atoms with E-state index in [1.165, 1.54) is 0 Å². The molecule has 1 saturated carbocycles. The molecule has 43 heavy (non-hydrogen) atoms. The summed E-state index contributed by atoms with van der Waals surface area (Å²) in [5.74, 6) is -1.15. The highest BCUT2D eigenvalue weighted by Crippen LogP contribution is 2.47. The van der Waals surface area contributed by atoms with Gasteiger partial charge in [-0.05, 0) is 53.8 Å². The zero-order valence-electron chi connectivity index (χ0n) is 28.8. The van der Waals surface area contributed by atoms with Gasteiger partial charge < -0.3 is 18.3 Å². The fourth-order valence-electron chi connectivity index (χ4n) is 5.44. The van der Waals surface area contributed by atoms with Crippen LogP contribution in [0.5, 0.6) is 0 Å². The number of rotatable bonds is 13. The van der Waals surface area contributed by atoms with Crippen molar-refractivity contribution in [2.75, 3.05) is 0 Å². The van der Waals surface area contributed by atoms with Crippen molar-refractivity contribution in [3.8, 4) is 0 Å². The molecule has 0 radical (unpaired) electrons. The number of esters is 2. The van der Waals surface area contributed by atoms with Gasteiger partial charge in [0.05, 0.1) is 18.6 Å². The normalized spacial score (nSPS) is 23.7. The molecule has 0 spiro atoms. The molecule has 0 aromatic heterocycles. The lowest BCUT2D eigenvalue weighted by Crippen LogP contribution is -2.47. The number of ether oxygens (including phenoxy) is 2. The Morgan fingerprint density at radius 1 is 1.00 bits per heavy atom. The van der Waals surface area contributed by atoms with E-state index in [0.29, 0.717) is 12.8 Å². The van der Waals surface area contributed by atoms with Gasteiger partial charge in [0.15, 0.2) is 16.6 Å². The molecule has 1 saturated heterocycles. The second-order valence-electron chi connectivity index (χ2n) is 15.6. The molecular formula is C35H58O6Si2. The van der Waals surface area contributed by atoms with Crippen molar-refractivity contribution in [2.45, 2.75) is 148 Å². The van der Waals surface area contributed by atoms with Gasteiger partial charge in [-0.3, -0.25) is 9.59 Å². The first-order valence-electron chi connectivity index (χ1n) is 16.3. The molecule has 2 unspecified atom stereocenters. The number of unbranched alkanes of at least 4 members (excludes halogenated alkanes) is 2. The largest absolute Gasteiger partial charge is 0.462 e. The van der Waals surface area contributed by atoms with Crippen LogP contribution in [0.1, 0.15) is 92.6 Å². The zero-order valence-corrected chi connectivity index (χ0v) is 30.8. The minimum Gasteiger partial charge on any atom is -0.462 e. The molecule has 2 aliphatic rings. The molecule has 0 amide bonds. The summed E-state index contributed by atoms with van der Waals surface area (Å²) in [6, 6.07) is 9.81. The van der Waals surface area contributed by atoms with Gasteiger partial charge in [0.2, 0.25) is 0 Å². The third-order valence-electron chi connectivity index (χ3n) is 10.2. The van der Waals surface area contributed by atoms with Gasteiger partial charge in [0, 0.05) is 12.3 Å². The Hall–Kier alpha value is -1.75. The number of hydrogen-bond acceptors (Lipinski definition) is 6. The van der Waals surface area contributed by atoms with Gasteiger partial charge in [-0.2, -0.15) is 0 Å². The van der Waals surface area contributed by atoms with Gasteiger partial charge >= 0.3 is 11.9 Å². The molecule has 1 aliphatic carbocycles. The summed E-state index contributed by atoms with van der Waals surface area (Å²) in [4.78, 5) is 26.6. The molecule has 3 rings (SSSR count). The van der Waals surface area contributed by atoms with Crippen molar-refractivity contribution in [1.29, 1.82) is 0 Å². The van der Waals surface area contributed by atoms with Gasteiger partial charge in [-0.15, -0.1) is 0 Å². The Morgan fingerprint density at radius 2 is 1.63 bits per heavy atom. The van der Waals surface area contributed by atoms with Crippen LogP contribution < -0.4 is 0 Å². The maximum atomic E-state index is 14.2. The summed E-state index contributed by atoms with van der Waals surface area (Å²) in [7, 11) is -4.39. The van der Waals surface area contributed by atoms with Crippen LogP contribution in [0.4, 0.5) is 0 Å². The maximum Gasteiger partial charge on any atom is 0.315 e. The highest BCUT2D eigenvalue weighted by Gasteiger charge is 2.51. The smallest absolute Gasteiger partial charge is 0.315 e. The van der Waals surface area contributed by atoms with E-state index in [-0.39, 0.29) is 52.9 Å². The summed E-state index contributed by atoms with van der Waals surface area (Å²) in [5, 5.41) is 0.00835. The molecule has 6 nitrogen and oxygen atoms in total. The first-order valence-corrected chi connectivity index (χ1v) is 22.1. The van der Waals surface area contributed by atoms with Crippen LogP contribution in [0, 0.1) is 11.8 Å². The summed E-state index contributed by atoms with van der Waals surface area (Å²) in [6.07, 6.45) is 6.20. The molecule has 1 aromatic rings. The van der Waals surface area contributed by atoms with E-state index in [9.17, 15) is 9.59 Å². The van der Waals surface area contributed by atoms with Gasteiger partial charge in [0.1, 0.15) is 18.6 Å². The van der Waals surface area contributed by atoms with E-state index in [1.54, 1.807) is 0 Å². The Bertz CT molecular complexity index is 1120. The topological polar surface area (TPSA) is 71.1 Å². The average Bonchev–Trinajstić information content (AvgIpc) is 3.39. The monoisotopic (exact) mass is 630 g/mol. The Labute approximate surface area is 263 Å². The molecular weight excluding hydrogens is 573 g/mol. The molecule has 0 bridgehead atoms. The maximum absolute atomic E-state index is 14.2. The third kappa shape index (κ3) is 9.15. The van der Waals surface area contributed by atoms with E-state index in [1.807, 2.05) is 30.3 Å². The lowest BCUT2D eigenvalue weighted by Gasteiger charge is -2.41. The van der Waals surface area contributed by atoms with Crippen LogP contribution in [0.15, 0.2) is 42.0 Å². The van der Waals surface area contributed by atoms with Crippen LogP contribution >= 0.6 is 0 Å². The Kier molecular flexibility index (Phi) is 11.7. The second kappa shape index (κ2) is 14.1. The first-order chi connectivity index (χ1) is 19.9. The molecule has 5 atom stereocenters. The van der Waals surface area contributed by atoms with Crippen molar-refractivity contribution in [2.24, 2.45) is 11.8 Å². The minimum absolute atomic E-state index is 0.0141. The molecule has 1 heterocycles. The Balaban J connectivity index is 2.07.